The minimum atomic E-state index is 0.199. The van der Waals surface area contributed by atoms with Gasteiger partial charge >= 0.3 is 0 Å². The number of hydrogen-bond donors (Lipinski definition) is 1. The van der Waals surface area contributed by atoms with Crippen LogP contribution in [0.1, 0.15) is 11.4 Å². The van der Waals surface area contributed by atoms with E-state index in [1.54, 1.807) is 15.8 Å². The van der Waals surface area contributed by atoms with Crippen molar-refractivity contribution in [3.05, 3.63) is 17.7 Å². The molecule has 7 nitrogen and oxygen atoms in total. The zero-order valence-corrected chi connectivity index (χ0v) is 10.3. The van der Waals surface area contributed by atoms with Crippen molar-refractivity contribution in [2.75, 3.05) is 24.7 Å². The number of nitrogens with zero attached hydrogens (tertiary/aromatic N) is 6. The van der Waals surface area contributed by atoms with Crippen LogP contribution in [-0.4, -0.2) is 38.6 Å². The van der Waals surface area contributed by atoms with Gasteiger partial charge in [-0.05, 0) is 13.8 Å². The van der Waals surface area contributed by atoms with Gasteiger partial charge < -0.3 is 10.6 Å². The normalized spacial score (nSPS) is 10.6. The number of nitrogens with two attached hydrogens (primary N) is 1. The number of nitrogen functional groups attached to an aromatic ring is 1. The molecule has 0 fully saturated rings. The molecule has 0 saturated heterocycles. The first-order valence-corrected chi connectivity index (χ1v) is 5.19. The fraction of sp³-hybridized carbons (Fsp3) is 0.400. The Morgan fingerprint density at radius 2 is 1.88 bits per heavy atom. The lowest BCUT2D eigenvalue weighted by Crippen LogP contribution is -2.17. The van der Waals surface area contributed by atoms with Crippen LogP contribution in [0.2, 0.25) is 0 Å². The standard InChI is InChI=1S/C10H15N7/c1-6-7(2)17(5-12-6)10-14-8(11)13-9(15-10)16(3)4/h5H,1-4H3,(H2,11,13,14,15). The topological polar surface area (TPSA) is 85.8 Å². The summed E-state index contributed by atoms with van der Waals surface area (Å²) >= 11 is 0. The molecule has 0 aromatic carbocycles. The van der Waals surface area contributed by atoms with Gasteiger partial charge in [-0.15, -0.1) is 0 Å². The summed E-state index contributed by atoms with van der Waals surface area (Å²) in [4.78, 5) is 18.5. The highest BCUT2D eigenvalue weighted by Crippen LogP contribution is 2.13. The average Bonchev–Trinajstić information content (AvgIpc) is 2.59. The zero-order chi connectivity index (χ0) is 12.6. The van der Waals surface area contributed by atoms with Crippen molar-refractivity contribution in [2.45, 2.75) is 13.8 Å². The van der Waals surface area contributed by atoms with Crippen LogP contribution in [0.4, 0.5) is 11.9 Å². The molecule has 0 aliphatic rings. The van der Waals surface area contributed by atoms with E-state index in [1.807, 2.05) is 27.9 Å². The van der Waals surface area contributed by atoms with Crippen LogP contribution in [-0.2, 0) is 0 Å². The molecule has 0 spiro atoms. The Morgan fingerprint density at radius 3 is 2.41 bits per heavy atom. The summed E-state index contributed by atoms with van der Waals surface area (Å²) in [5.41, 5.74) is 7.60. The predicted molar refractivity (Wildman–Crippen MR) is 65.2 cm³/mol. The van der Waals surface area contributed by atoms with Crippen LogP contribution < -0.4 is 10.6 Å². The molecular formula is C10H15N7. The first-order chi connectivity index (χ1) is 7.99. The van der Waals surface area contributed by atoms with E-state index in [0.29, 0.717) is 11.9 Å². The van der Waals surface area contributed by atoms with Crippen LogP contribution in [0.5, 0.6) is 0 Å². The molecule has 7 heteroatoms. The minimum absolute atomic E-state index is 0.199. The second kappa shape index (κ2) is 4.00. The maximum Gasteiger partial charge on any atom is 0.241 e. The third-order valence-corrected chi connectivity index (χ3v) is 2.50. The van der Waals surface area contributed by atoms with Crippen molar-refractivity contribution in [3.63, 3.8) is 0 Å². The molecule has 0 amide bonds. The Kier molecular flexibility index (Phi) is 2.66. The molecule has 0 unspecified atom stereocenters. The summed E-state index contributed by atoms with van der Waals surface area (Å²) in [7, 11) is 3.70. The molecule has 0 aliphatic carbocycles. The molecule has 0 aliphatic heterocycles. The summed E-state index contributed by atoms with van der Waals surface area (Å²) in [6, 6.07) is 0. The maximum absolute atomic E-state index is 5.67. The lowest BCUT2D eigenvalue weighted by molar-refractivity contribution is 0.858. The number of anilines is 2. The van der Waals surface area contributed by atoms with Crippen LogP contribution in [0.25, 0.3) is 5.95 Å². The van der Waals surface area contributed by atoms with Crippen LogP contribution in [0.15, 0.2) is 6.33 Å². The lowest BCUT2D eigenvalue weighted by atomic mass is 10.4. The summed E-state index contributed by atoms with van der Waals surface area (Å²) in [6.45, 7) is 3.89. The van der Waals surface area contributed by atoms with Crippen molar-refractivity contribution in [1.82, 2.24) is 24.5 Å². The van der Waals surface area contributed by atoms with Gasteiger partial charge in [-0.2, -0.15) is 15.0 Å². The summed E-state index contributed by atoms with van der Waals surface area (Å²) in [5, 5.41) is 0. The third kappa shape index (κ3) is 2.03. The molecule has 17 heavy (non-hydrogen) atoms. The Hall–Kier alpha value is -2.18. The largest absolute Gasteiger partial charge is 0.368 e. The molecule has 0 atom stereocenters. The van der Waals surface area contributed by atoms with E-state index in [0.717, 1.165) is 11.4 Å². The smallest absolute Gasteiger partial charge is 0.241 e. The third-order valence-electron chi connectivity index (χ3n) is 2.50. The lowest BCUT2D eigenvalue weighted by Gasteiger charge is -2.12. The highest BCUT2D eigenvalue weighted by Gasteiger charge is 2.11. The quantitative estimate of drug-likeness (QED) is 0.804. The van der Waals surface area contributed by atoms with Gasteiger partial charge in [-0.1, -0.05) is 0 Å². The van der Waals surface area contributed by atoms with E-state index in [2.05, 4.69) is 19.9 Å². The molecule has 2 heterocycles. The fourth-order valence-electron chi connectivity index (χ4n) is 1.38. The first-order valence-electron chi connectivity index (χ1n) is 5.19. The van der Waals surface area contributed by atoms with Crippen molar-refractivity contribution in [2.24, 2.45) is 0 Å². The number of aryl methyl sites for hydroxylation is 1. The van der Waals surface area contributed by atoms with Gasteiger partial charge in [0.1, 0.15) is 6.33 Å². The van der Waals surface area contributed by atoms with Gasteiger partial charge in [-0.3, -0.25) is 4.57 Å². The predicted octanol–water partition coefficient (Wildman–Crippen LogP) is 0.322. The number of hydrogen-bond acceptors (Lipinski definition) is 6. The van der Waals surface area contributed by atoms with Gasteiger partial charge in [-0.25, -0.2) is 4.98 Å². The Bertz CT molecular complexity index is 544. The van der Waals surface area contributed by atoms with Crippen LogP contribution >= 0.6 is 0 Å². The highest BCUT2D eigenvalue weighted by atomic mass is 15.3. The molecule has 0 bridgehead atoms. The Morgan fingerprint density at radius 1 is 1.18 bits per heavy atom. The number of aromatic nitrogens is 5. The van der Waals surface area contributed by atoms with Crippen molar-refractivity contribution in [1.29, 1.82) is 0 Å². The Labute approximate surface area is 99.3 Å². The van der Waals surface area contributed by atoms with Gasteiger partial charge in [0.15, 0.2) is 0 Å². The van der Waals surface area contributed by atoms with Crippen molar-refractivity contribution < 1.29 is 0 Å². The highest BCUT2D eigenvalue weighted by molar-refractivity contribution is 5.37. The van der Waals surface area contributed by atoms with E-state index in [4.69, 9.17) is 5.73 Å². The van der Waals surface area contributed by atoms with Crippen LogP contribution in [0.3, 0.4) is 0 Å². The molecule has 2 aromatic heterocycles. The minimum Gasteiger partial charge on any atom is -0.368 e. The first kappa shape index (κ1) is 11.3. The van der Waals surface area contributed by atoms with E-state index in [1.165, 1.54) is 0 Å². The van der Waals surface area contributed by atoms with Gasteiger partial charge in [0.2, 0.25) is 17.8 Å². The van der Waals surface area contributed by atoms with E-state index < -0.39 is 0 Å². The van der Waals surface area contributed by atoms with E-state index in [-0.39, 0.29) is 5.95 Å². The number of rotatable bonds is 2. The molecule has 90 valence electrons. The molecule has 2 aromatic rings. The van der Waals surface area contributed by atoms with Crippen LogP contribution in [0, 0.1) is 13.8 Å². The summed E-state index contributed by atoms with van der Waals surface area (Å²) < 4.78 is 1.79. The second-order valence-corrected chi connectivity index (χ2v) is 3.97. The molecule has 2 rings (SSSR count). The molecular weight excluding hydrogens is 218 g/mol. The second-order valence-electron chi connectivity index (χ2n) is 3.97. The van der Waals surface area contributed by atoms with Gasteiger partial charge in [0.05, 0.1) is 5.69 Å². The SMILES string of the molecule is Cc1ncn(-c2nc(N)nc(N(C)C)n2)c1C. The molecule has 0 saturated carbocycles. The van der Waals surface area contributed by atoms with E-state index in [9.17, 15) is 0 Å². The zero-order valence-electron chi connectivity index (χ0n) is 10.3. The monoisotopic (exact) mass is 233 g/mol. The van der Waals surface area contributed by atoms with Crippen molar-refractivity contribution >= 4 is 11.9 Å². The van der Waals surface area contributed by atoms with Crippen molar-refractivity contribution in [3.8, 4) is 5.95 Å². The molecule has 0 radical (unpaired) electrons. The summed E-state index contributed by atoms with van der Waals surface area (Å²) in [5.74, 6) is 1.21. The van der Waals surface area contributed by atoms with Gasteiger partial charge in [0.25, 0.3) is 0 Å². The van der Waals surface area contributed by atoms with Gasteiger partial charge in [0, 0.05) is 19.8 Å². The fourth-order valence-corrected chi connectivity index (χ4v) is 1.38. The maximum atomic E-state index is 5.67. The average molecular weight is 233 g/mol. The molecule has 2 N–H and O–H groups in total. The van der Waals surface area contributed by atoms with E-state index >= 15 is 0 Å². The Balaban J connectivity index is 2.56. The number of imidazole rings is 1. The summed E-state index contributed by atoms with van der Waals surface area (Å²) in [6.07, 6.45) is 1.68.